The Hall–Kier alpha value is -0.930. The molecule has 1 atom stereocenters. The van der Waals surface area contributed by atoms with Gasteiger partial charge in [-0.3, -0.25) is 4.98 Å². The average Bonchev–Trinajstić information content (AvgIpc) is 3.07. The smallest absolute Gasteiger partial charge is 0.0605 e. The first kappa shape index (κ1) is 12.1. The number of aryl methyl sites for hydroxylation is 1. The summed E-state index contributed by atoms with van der Waals surface area (Å²) >= 11 is 0. The number of nitrogens with one attached hydrogen (secondary N) is 1. The standard InChI is InChI=1S/C15H22N2O/c1-18-10-8-15(6-7-15)11-17-13-5-4-12-3-2-9-16-14(12)13/h2-3,9,13,17H,4-8,10-11H2,1H3. The zero-order chi connectivity index (χ0) is 12.4. The highest BCUT2D eigenvalue weighted by molar-refractivity contribution is 5.27. The van der Waals surface area contributed by atoms with Gasteiger partial charge < -0.3 is 10.1 Å². The molecule has 3 heteroatoms. The maximum Gasteiger partial charge on any atom is 0.0605 e. The Morgan fingerprint density at radius 1 is 1.50 bits per heavy atom. The van der Waals surface area contributed by atoms with Crippen molar-refractivity contribution in [3.8, 4) is 0 Å². The van der Waals surface area contributed by atoms with E-state index in [0.29, 0.717) is 11.5 Å². The van der Waals surface area contributed by atoms with Crippen LogP contribution in [0.15, 0.2) is 18.3 Å². The van der Waals surface area contributed by atoms with Gasteiger partial charge in [-0.15, -0.1) is 0 Å². The lowest BCUT2D eigenvalue weighted by atomic mass is 10.0. The van der Waals surface area contributed by atoms with Gasteiger partial charge in [-0.25, -0.2) is 0 Å². The summed E-state index contributed by atoms with van der Waals surface area (Å²) in [6, 6.07) is 4.73. The SMILES string of the molecule is COCCC1(CNC2CCc3cccnc32)CC1. The molecular formula is C15H22N2O. The third-order valence-corrected chi connectivity index (χ3v) is 4.48. The molecule has 2 aliphatic rings. The number of pyridine rings is 1. The molecule has 1 aromatic rings. The van der Waals surface area contributed by atoms with Gasteiger partial charge >= 0.3 is 0 Å². The van der Waals surface area contributed by atoms with Gasteiger partial charge in [-0.1, -0.05) is 6.07 Å². The van der Waals surface area contributed by atoms with Gasteiger partial charge in [0.05, 0.1) is 11.7 Å². The zero-order valence-electron chi connectivity index (χ0n) is 11.1. The molecule has 0 saturated heterocycles. The molecule has 1 aromatic heterocycles. The van der Waals surface area contributed by atoms with Gasteiger partial charge in [0.1, 0.15) is 0 Å². The molecule has 0 aromatic carbocycles. The van der Waals surface area contributed by atoms with Crippen LogP contribution in [0.1, 0.15) is 43.0 Å². The molecule has 18 heavy (non-hydrogen) atoms. The van der Waals surface area contributed by atoms with E-state index < -0.39 is 0 Å². The van der Waals surface area contributed by atoms with Gasteiger partial charge in [0.2, 0.25) is 0 Å². The summed E-state index contributed by atoms with van der Waals surface area (Å²) in [4.78, 5) is 4.54. The number of hydrogen-bond acceptors (Lipinski definition) is 3. The molecule has 3 nitrogen and oxygen atoms in total. The van der Waals surface area contributed by atoms with E-state index in [1.807, 2.05) is 12.3 Å². The molecule has 3 rings (SSSR count). The second-order valence-corrected chi connectivity index (χ2v) is 5.76. The topological polar surface area (TPSA) is 34.1 Å². The van der Waals surface area contributed by atoms with Crippen molar-refractivity contribution >= 4 is 0 Å². The third kappa shape index (κ3) is 2.43. The van der Waals surface area contributed by atoms with E-state index in [-0.39, 0.29) is 0 Å². The minimum Gasteiger partial charge on any atom is -0.385 e. The van der Waals surface area contributed by atoms with Crippen molar-refractivity contribution < 1.29 is 4.74 Å². The molecule has 0 amide bonds. The van der Waals surface area contributed by atoms with Crippen LogP contribution in [0.25, 0.3) is 0 Å². The lowest BCUT2D eigenvalue weighted by Crippen LogP contribution is -2.28. The number of hydrogen-bond donors (Lipinski definition) is 1. The van der Waals surface area contributed by atoms with Crippen LogP contribution in [0, 0.1) is 5.41 Å². The summed E-state index contributed by atoms with van der Waals surface area (Å²) in [5, 5.41) is 3.73. The molecule has 0 bridgehead atoms. The van der Waals surface area contributed by atoms with Crippen LogP contribution in [0.4, 0.5) is 0 Å². The normalized spacial score (nSPS) is 23.9. The van der Waals surface area contributed by atoms with E-state index in [1.165, 1.54) is 43.4 Å². The summed E-state index contributed by atoms with van der Waals surface area (Å²) < 4.78 is 5.21. The molecule has 0 aliphatic heterocycles. The maximum atomic E-state index is 5.21. The summed E-state index contributed by atoms with van der Waals surface area (Å²) in [5.74, 6) is 0. The first-order valence-corrected chi connectivity index (χ1v) is 6.99. The van der Waals surface area contributed by atoms with Crippen molar-refractivity contribution in [3.05, 3.63) is 29.6 Å². The van der Waals surface area contributed by atoms with Crippen LogP contribution in [0.2, 0.25) is 0 Å². The first-order valence-electron chi connectivity index (χ1n) is 6.99. The average molecular weight is 246 g/mol. The lowest BCUT2D eigenvalue weighted by Gasteiger charge is -2.19. The highest BCUT2D eigenvalue weighted by Gasteiger charge is 2.42. The van der Waals surface area contributed by atoms with E-state index in [1.54, 1.807) is 7.11 Å². The Morgan fingerprint density at radius 3 is 3.17 bits per heavy atom. The highest BCUT2D eigenvalue weighted by Crippen LogP contribution is 2.48. The Morgan fingerprint density at radius 2 is 2.39 bits per heavy atom. The predicted molar refractivity (Wildman–Crippen MR) is 71.5 cm³/mol. The Labute approximate surface area is 109 Å². The van der Waals surface area contributed by atoms with E-state index in [0.717, 1.165) is 13.2 Å². The molecule has 0 radical (unpaired) electrons. The Balaban J connectivity index is 1.56. The van der Waals surface area contributed by atoms with Crippen molar-refractivity contribution in [3.63, 3.8) is 0 Å². The van der Waals surface area contributed by atoms with E-state index >= 15 is 0 Å². The monoisotopic (exact) mass is 246 g/mol. The second kappa shape index (κ2) is 4.98. The largest absolute Gasteiger partial charge is 0.385 e. The van der Waals surface area contributed by atoms with Gasteiger partial charge in [0, 0.05) is 26.5 Å². The van der Waals surface area contributed by atoms with Crippen molar-refractivity contribution in [1.29, 1.82) is 0 Å². The van der Waals surface area contributed by atoms with Crippen molar-refractivity contribution in [2.75, 3.05) is 20.3 Å². The van der Waals surface area contributed by atoms with Gasteiger partial charge in [0.25, 0.3) is 0 Å². The van der Waals surface area contributed by atoms with Crippen LogP contribution < -0.4 is 5.32 Å². The van der Waals surface area contributed by atoms with E-state index in [2.05, 4.69) is 16.4 Å². The number of aromatic nitrogens is 1. The van der Waals surface area contributed by atoms with Crippen LogP contribution in [-0.4, -0.2) is 25.2 Å². The molecule has 2 aliphatic carbocycles. The van der Waals surface area contributed by atoms with E-state index in [4.69, 9.17) is 4.74 Å². The van der Waals surface area contributed by atoms with E-state index in [9.17, 15) is 0 Å². The van der Waals surface area contributed by atoms with Gasteiger partial charge in [-0.2, -0.15) is 0 Å². The van der Waals surface area contributed by atoms with Gasteiger partial charge in [0.15, 0.2) is 0 Å². The van der Waals surface area contributed by atoms with Crippen LogP contribution in [-0.2, 0) is 11.2 Å². The number of nitrogens with zero attached hydrogens (tertiary/aromatic N) is 1. The predicted octanol–water partition coefficient (Wildman–Crippen LogP) is 2.48. The molecule has 1 saturated carbocycles. The first-order chi connectivity index (χ1) is 8.83. The molecule has 0 spiro atoms. The minimum atomic E-state index is 0.473. The van der Waals surface area contributed by atoms with Crippen molar-refractivity contribution in [2.45, 2.75) is 38.1 Å². The maximum absolute atomic E-state index is 5.21. The quantitative estimate of drug-likeness (QED) is 0.837. The molecule has 1 N–H and O–H groups in total. The lowest BCUT2D eigenvalue weighted by molar-refractivity contribution is 0.170. The fourth-order valence-electron chi connectivity index (χ4n) is 2.96. The Bertz CT molecular complexity index is 415. The molecule has 98 valence electrons. The summed E-state index contributed by atoms with van der Waals surface area (Å²) in [5.41, 5.74) is 3.23. The number of methoxy groups -OCH3 is 1. The number of rotatable bonds is 6. The summed E-state index contributed by atoms with van der Waals surface area (Å²) in [7, 11) is 1.79. The second-order valence-electron chi connectivity index (χ2n) is 5.76. The molecule has 1 unspecified atom stereocenters. The van der Waals surface area contributed by atoms with Crippen LogP contribution in [0.3, 0.4) is 0 Å². The number of fused-ring (bicyclic) bond motifs is 1. The van der Waals surface area contributed by atoms with Crippen molar-refractivity contribution in [2.24, 2.45) is 5.41 Å². The summed E-state index contributed by atoms with van der Waals surface area (Å²) in [6.45, 7) is 2.01. The molecule has 1 fully saturated rings. The highest BCUT2D eigenvalue weighted by atomic mass is 16.5. The number of ether oxygens (including phenoxy) is 1. The Kier molecular flexibility index (Phi) is 3.35. The van der Waals surface area contributed by atoms with Gasteiger partial charge in [-0.05, 0) is 49.1 Å². The molecule has 1 heterocycles. The fourth-order valence-corrected chi connectivity index (χ4v) is 2.96. The fraction of sp³-hybridized carbons (Fsp3) is 0.667. The minimum absolute atomic E-state index is 0.473. The zero-order valence-corrected chi connectivity index (χ0v) is 11.1. The third-order valence-electron chi connectivity index (χ3n) is 4.48. The van der Waals surface area contributed by atoms with Crippen molar-refractivity contribution in [1.82, 2.24) is 10.3 Å². The van der Waals surface area contributed by atoms with Crippen LogP contribution >= 0.6 is 0 Å². The van der Waals surface area contributed by atoms with Crippen LogP contribution in [0.5, 0.6) is 0 Å². The summed E-state index contributed by atoms with van der Waals surface area (Å²) in [6.07, 6.45) is 8.18. The molecular weight excluding hydrogens is 224 g/mol.